The van der Waals surface area contributed by atoms with Gasteiger partial charge < -0.3 is 14.9 Å². The average molecular weight is 255 g/mol. The van der Waals surface area contributed by atoms with Gasteiger partial charge in [-0.15, -0.1) is 0 Å². The number of rotatable bonds is 3. The fourth-order valence-electron chi connectivity index (χ4n) is 2.35. The number of aliphatic hydroxyl groups excluding tert-OH is 2. The van der Waals surface area contributed by atoms with Crippen LogP contribution in [0.2, 0.25) is 0 Å². The van der Waals surface area contributed by atoms with Gasteiger partial charge in [0.05, 0.1) is 24.7 Å². The first-order chi connectivity index (χ1) is 8.56. The molecule has 100 valence electrons. The van der Waals surface area contributed by atoms with Crippen LogP contribution in [0.5, 0.6) is 0 Å². The Balaban J connectivity index is 2.15. The van der Waals surface area contributed by atoms with E-state index in [0.29, 0.717) is 12.0 Å². The molecule has 1 saturated heterocycles. The molecule has 2 heterocycles. The second-order valence-corrected chi connectivity index (χ2v) is 4.59. The molecule has 4 atom stereocenters. The van der Waals surface area contributed by atoms with E-state index in [-0.39, 0.29) is 18.9 Å². The van der Waals surface area contributed by atoms with Crippen LogP contribution in [0.25, 0.3) is 0 Å². The zero-order valence-electron chi connectivity index (χ0n) is 10.1. The Hall–Kier alpha value is -1.24. The molecule has 0 aromatic carbocycles. The van der Waals surface area contributed by atoms with Gasteiger partial charge in [0, 0.05) is 12.0 Å². The van der Waals surface area contributed by atoms with E-state index in [9.17, 15) is 14.7 Å². The summed E-state index contributed by atoms with van der Waals surface area (Å²) < 4.78 is 5.44. The van der Waals surface area contributed by atoms with Gasteiger partial charge in [-0.2, -0.15) is 0 Å². The SMILES string of the molecule is CCC1=CC(C2C[C@H](O)[C@@H](CO)O2)C(=O)NC1=O. The molecule has 18 heavy (non-hydrogen) atoms. The van der Waals surface area contributed by atoms with E-state index in [1.807, 2.05) is 6.92 Å². The molecule has 0 aliphatic carbocycles. The Bertz CT molecular complexity index is 392. The third-order valence-electron chi connectivity index (χ3n) is 3.43. The largest absolute Gasteiger partial charge is 0.394 e. The Morgan fingerprint density at radius 1 is 1.50 bits per heavy atom. The number of imide groups is 1. The molecule has 2 amide bonds. The van der Waals surface area contributed by atoms with Crippen LogP contribution >= 0.6 is 0 Å². The Kier molecular flexibility index (Phi) is 3.79. The molecular formula is C12H17NO5. The van der Waals surface area contributed by atoms with Gasteiger partial charge in [-0.25, -0.2) is 0 Å². The number of aliphatic hydroxyl groups is 2. The summed E-state index contributed by atoms with van der Waals surface area (Å²) in [6.45, 7) is 1.55. The maximum Gasteiger partial charge on any atom is 0.253 e. The predicted octanol–water partition coefficient (Wildman–Crippen LogP) is -0.894. The molecule has 0 aromatic rings. The quantitative estimate of drug-likeness (QED) is 0.568. The Morgan fingerprint density at radius 3 is 2.78 bits per heavy atom. The molecule has 2 aliphatic heterocycles. The standard InChI is InChI=1S/C12H17NO5/c1-2-6-3-7(12(17)13-11(6)16)9-4-8(15)10(5-14)18-9/h3,7-10,14-15H,2,4-5H2,1H3,(H,13,16,17)/t7?,8-,9?,10+/m0/s1. The van der Waals surface area contributed by atoms with Gasteiger partial charge in [0.25, 0.3) is 5.91 Å². The third kappa shape index (κ3) is 2.31. The van der Waals surface area contributed by atoms with Crippen LogP contribution in [0.4, 0.5) is 0 Å². The average Bonchev–Trinajstić information content (AvgIpc) is 2.70. The van der Waals surface area contributed by atoms with E-state index >= 15 is 0 Å². The number of ether oxygens (including phenoxy) is 1. The molecule has 0 bridgehead atoms. The molecule has 3 N–H and O–H groups in total. The van der Waals surface area contributed by atoms with Crippen molar-refractivity contribution in [3.63, 3.8) is 0 Å². The van der Waals surface area contributed by atoms with Gasteiger partial charge >= 0.3 is 0 Å². The number of carbonyl (C=O) groups is 2. The third-order valence-corrected chi connectivity index (χ3v) is 3.43. The first-order valence-electron chi connectivity index (χ1n) is 6.07. The van der Waals surface area contributed by atoms with Crippen molar-refractivity contribution in [3.8, 4) is 0 Å². The molecule has 0 radical (unpaired) electrons. The van der Waals surface area contributed by atoms with Gasteiger partial charge in [0.1, 0.15) is 6.10 Å². The molecule has 2 unspecified atom stereocenters. The van der Waals surface area contributed by atoms with Crippen molar-refractivity contribution in [2.45, 2.75) is 38.1 Å². The van der Waals surface area contributed by atoms with E-state index in [0.717, 1.165) is 0 Å². The van der Waals surface area contributed by atoms with Crippen LogP contribution in [0.1, 0.15) is 19.8 Å². The predicted molar refractivity (Wildman–Crippen MR) is 61.4 cm³/mol. The normalized spacial score (nSPS) is 36.5. The van der Waals surface area contributed by atoms with E-state index in [4.69, 9.17) is 9.84 Å². The lowest BCUT2D eigenvalue weighted by Crippen LogP contribution is -2.44. The van der Waals surface area contributed by atoms with Crippen LogP contribution in [0.3, 0.4) is 0 Å². The number of hydrogen-bond acceptors (Lipinski definition) is 5. The molecule has 6 heteroatoms. The monoisotopic (exact) mass is 255 g/mol. The first kappa shape index (κ1) is 13.2. The lowest BCUT2D eigenvalue weighted by molar-refractivity contribution is -0.134. The number of hydrogen-bond donors (Lipinski definition) is 3. The summed E-state index contributed by atoms with van der Waals surface area (Å²) in [5, 5.41) is 20.9. The second-order valence-electron chi connectivity index (χ2n) is 4.59. The minimum absolute atomic E-state index is 0.282. The first-order valence-corrected chi connectivity index (χ1v) is 6.07. The van der Waals surface area contributed by atoms with Gasteiger partial charge in [-0.1, -0.05) is 13.0 Å². The summed E-state index contributed by atoms with van der Waals surface area (Å²) in [7, 11) is 0. The van der Waals surface area contributed by atoms with Gasteiger partial charge in [-0.05, 0) is 6.42 Å². The molecule has 6 nitrogen and oxygen atoms in total. The Labute approximate surface area is 105 Å². The van der Waals surface area contributed by atoms with Gasteiger partial charge in [0.2, 0.25) is 5.91 Å². The summed E-state index contributed by atoms with van der Waals surface area (Å²) in [6.07, 6.45) is 0.507. The number of nitrogens with one attached hydrogen (secondary N) is 1. The van der Waals surface area contributed by atoms with E-state index in [1.54, 1.807) is 6.08 Å². The van der Waals surface area contributed by atoms with E-state index < -0.39 is 30.1 Å². The summed E-state index contributed by atoms with van der Waals surface area (Å²) in [4.78, 5) is 23.2. The number of carbonyl (C=O) groups excluding carboxylic acids is 2. The van der Waals surface area contributed by atoms with Crippen molar-refractivity contribution in [1.82, 2.24) is 5.32 Å². The highest BCUT2D eigenvalue weighted by atomic mass is 16.5. The highest BCUT2D eigenvalue weighted by Gasteiger charge is 2.41. The van der Waals surface area contributed by atoms with Crippen molar-refractivity contribution in [3.05, 3.63) is 11.6 Å². The zero-order chi connectivity index (χ0) is 13.3. The fraction of sp³-hybridized carbons (Fsp3) is 0.667. The van der Waals surface area contributed by atoms with Crippen LogP contribution in [-0.4, -0.2) is 46.9 Å². The molecule has 0 aromatic heterocycles. The van der Waals surface area contributed by atoms with Crippen molar-refractivity contribution in [2.75, 3.05) is 6.61 Å². The minimum Gasteiger partial charge on any atom is -0.394 e. The smallest absolute Gasteiger partial charge is 0.253 e. The minimum atomic E-state index is -0.774. The second kappa shape index (κ2) is 5.17. The summed E-state index contributed by atoms with van der Waals surface area (Å²) in [5.41, 5.74) is 0.546. The molecular weight excluding hydrogens is 238 g/mol. The van der Waals surface area contributed by atoms with Crippen molar-refractivity contribution in [1.29, 1.82) is 0 Å². The lowest BCUT2D eigenvalue weighted by Gasteiger charge is -2.24. The molecule has 0 saturated carbocycles. The Morgan fingerprint density at radius 2 is 2.22 bits per heavy atom. The maximum absolute atomic E-state index is 11.8. The summed E-state index contributed by atoms with van der Waals surface area (Å²) in [5.74, 6) is -1.35. The topological polar surface area (TPSA) is 95.9 Å². The van der Waals surface area contributed by atoms with Crippen LogP contribution in [-0.2, 0) is 14.3 Å². The molecule has 2 aliphatic rings. The van der Waals surface area contributed by atoms with E-state index in [2.05, 4.69) is 5.32 Å². The molecule has 0 spiro atoms. The van der Waals surface area contributed by atoms with Gasteiger partial charge in [-0.3, -0.25) is 14.9 Å². The van der Waals surface area contributed by atoms with Crippen LogP contribution in [0, 0.1) is 5.92 Å². The van der Waals surface area contributed by atoms with E-state index in [1.165, 1.54) is 0 Å². The van der Waals surface area contributed by atoms with Crippen molar-refractivity contribution in [2.24, 2.45) is 5.92 Å². The molecule has 1 fully saturated rings. The van der Waals surface area contributed by atoms with Crippen molar-refractivity contribution < 1.29 is 24.5 Å². The van der Waals surface area contributed by atoms with Crippen molar-refractivity contribution >= 4 is 11.8 Å². The molecule has 2 rings (SSSR count). The summed E-state index contributed by atoms with van der Waals surface area (Å²) >= 11 is 0. The van der Waals surface area contributed by atoms with Gasteiger partial charge in [0.15, 0.2) is 0 Å². The fourth-order valence-corrected chi connectivity index (χ4v) is 2.35. The zero-order valence-corrected chi connectivity index (χ0v) is 10.1. The lowest BCUT2D eigenvalue weighted by atomic mass is 9.91. The number of amides is 2. The highest BCUT2D eigenvalue weighted by Crippen LogP contribution is 2.29. The van der Waals surface area contributed by atoms with Crippen LogP contribution in [0.15, 0.2) is 11.6 Å². The summed E-state index contributed by atoms with van der Waals surface area (Å²) in [6, 6.07) is 0. The van der Waals surface area contributed by atoms with Crippen LogP contribution < -0.4 is 5.32 Å². The highest BCUT2D eigenvalue weighted by molar-refractivity contribution is 6.08. The maximum atomic E-state index is 11.8.